The van der Waals surface area contributed by atoms with Crippen LogP contribution in [0.2, 0.25) is 0 Å². The van der Waals surface area contributed by atoms with Crippen LogP contribution in [-0.4, -0.2) is 30.5 Å². The number of amides is 1. The zero-order chi connectivity index (χ0) is 20.1. The highest BCUT2D eigenvalue weighted by molar-refractivity contribution is 5.94. The predicted molar refractivity (Wildman–Crippen MR) is 86.9 cm³/mol. The van der Waals surface area contributed by atoms with E-state index >= 15 is 0 Å². The van der Waals surface area contributed by atoms with Gasteiger partial charge in [-0.15, -0.1) is 0 Å². The van der Waals surface area contributed by atoms with E-state index in [2.05, 4.69) is 0 Å². The number of rotatable bonds is 6. The third kappa shape index (κ3) is 4.79. The number of hydrogen-bond donors (Lipinski definition) is 2. The van der Waals surface area contributed by atoms with Gasteiger partial charge in [0.05, 0.1) is 0 Å². The Morgan fingerprint density at radius 2 is 1.26 bits per heavy atom. The van der Waals surface area contributed by atoms with Crippen LogP contribution in [0.5, 0.6) is 0 Å². The monoisotopic (exact) mass is 390 g/mol. The van der Waals surface area contributed by atoms with Crippen molar-refractivity contribution in [1.82, 2.24) is 10.6 Å². The molecule has 0 fully saturated rings. The minimum absolute atomic E-state index is 0.0873. The molecule has 9 heteroatoms. The molecule has 0 saturated carbocycles. The van der Waals surface area contributed by atoms with E-state index < -0.39 is 30.5 Å². The van der Waals surface area contributed by atoms with Gasteiger partial charge in [-0.2, -0.15) is 26.3 Å². The van der Waals surface area contributed by atoms with Crippen molar-refractivity contribution in [2.75, 3.05) is 6.54 Å². The first kappa shape index (κ1) is 20.8. The molecule has 1 amide bonds. The fourth-order valence-corrected chi connectivity index (χ4v) is 2.42. The van der Waals surface area contributed by atoms with Crippen LogP contribution in [0.3, 0.4) is 0 Å². The second-order valence-electron chi connectivity index (χ2n) is 5.73. The summed E-state index contributed by atoms with van der Waals surface area (Å²) in [7, 11) is 0. The number of carbonyl (C=O) groups is 1. The average Bonchev–Trinajstić information content (AvgIpc) is 2.60. The largest absolute Gasteiger partial charge is 0.434 e. The van der Waals surface area contributed by atoms with Crippen LogP contribution in [0.25, 0.3) is 0 Å². The zero-order valence-corrected chi connectivity index (χ0v) is 13.9. The van der Waals surface area contributed by atoms with E-state index in [9.17, 15) is 31.1 Å². The molecule has 2 aromatic rings. The first-order valence-electron chi connectivity index (χ1n) is 7.87. The van der Waals surface area contributed by atoms with Crippen molar-refractivity contribution in [2.45, 2.75) is 24.4 Å². The van der Waals surface area contributed by atoms with Gasteiger partial charge in [0, 0.05) is 12.1 Å². The van der Waals surface area contributed by atoms with Gasteiger partial charge in [-0.05, 0) is 24.1 Å². The fraction of sp³-hybridized carbons (Fsp3) is 0.278. The Hall–Kier alpha value is -2.55. The van der Waals surface area contributed by atoms with Crippen molar-refractivity contribution in [1.29, 1.82) is 0 Å². The summed E-state index contributed by atoms with van der Waals surface area (Å²) in [5.41, 5.74) is -4.33. The summed E-state index contributed by atoms with van der Waals surface area (Å²) in [6.45, 7) is -0.655. The molecule has 146 valence electrons. The number of alkyl halides is 6. The van der Waals surface area contributed by atoms with Crippen LogP contribution in [-0.2, 0) is 6.42 Å². The summed E-state index contributed by atoms with van der Waals surface area (Å²) in [5.74, 6) is -1.49. The summed E-state index contributed by atoms with van der Waals surface area (Å²) >= 11 is 0. The van der Waals surface area contributed by atoms with Gasteiger partial charge in [-0.1, -0.05) is 48.5 Å². The van der Waals surface area contributed by atoms with Crippen LogP contribution in [0.15, 0.2) is 60.7 Å². The van der Waals surface area contributed by atoms with Gasteiger partial charge in [0.1, 0.15) is 0 Å². The van der Waals surface area contributed by atoms with Crippen LogP contribution in [0, 0.1) is 0 Å². The molecular formula is C18H16F6N2O. The molecule has 0 heterocycles. The number of carbonyl (C=O) groups excluding carboxylic acids is 1. The molecular weight excluding hydrogens is 374 g/mol. The van der Waals surface area contributed by atoms with Crippen LogP contribution < -0.4 is 10.6 Å². The quantitative estimate of drug-likeness (QED) is 0.577. The standard InChI is InChI=1S/C18H16F6N2O/c19-17(20,21)16(18(22,23)24,25-12-11-13-7-3-1-4-8-13)26-15(27)14-9-5-2-6-10-14/h1-10,25H,11-12H2,(H,26,27). The molecule has 27 heavy (non-hydrogen) atoms. The SMILES string of the molecule is O=C(NC(NCCc1ccccc1)(C(F)(F)F)C(F)(F)F)c1ccccc1. The molecule has 2 N–H and O–H groups in total. The molecule has 0 aliphatic rings. The molecule has 2 rings (SSSR count). The van der Waals surface area contributed by atoms with E-state index in [-0.39, 0.29) is 12.0 Å². The molecule has 0 radical (unpaired) electrons. The zero-order valence-electron chi connectivity index (χ0n) is 13.9. The third-order valence-corrected chi connectivity index (χ3v) is 3.83. The second kappa shape index (κ2) is 7.99. The van der Waals surface area contributed by atoms with Gasteiger partial charge < -0.3 is 5.32 Å². The maximum Gasteiger partial charge on any atom is 0.434 e. The first-order valence-corrected chi connectivity index (χ1v) is 7.87. The lowest BCUT2D eigenvalue weighted by Crippen LogP contribution is -2.75. The van der Waals surface area contributed by atoms with E-state index in [4.69, 9.17) is 0 Å². The molecule has 0 aromatic heterocycles. The topological polar surface area (TPSA) is 41.1 Å². The van der Waals surface area contributed by atoms with Gasteiger partial charge in [-0.3, -0.25) is 10.1 Å². The van der Waals surface area contributed by atoms with E-state index in [0.29, 0.717) is 5.56 Å². The first-order chi connectivity index (χ1) is 12.6. The van der Waals surface area contributed by atoms with Crippen molar-refractivity contribution in [3.8, 4) is 0 Å². The van der Waals surface area contributed by atoms with E-state index in [1.165, 1.54) is 23.5 Å². The number of benzene rings is 2. The molecule has 0 saturated heterocycles. The van der Waals surface area contributed by atoms with Gasteiger partial charge >= 0.3 is 12.4 Å². The Labute approximate surface area is 151 Å². The van der Waals surface area contributed by atoms with Crippen LogP contribution >= 0.6 is 0 Å². The normalized spacial score (nSPS) is 12.7. The lowest BCUT2D eigenvalue weighted by molar-refractivity contribution is -0.314. The van der Waals surface area contributed by atoms with Crippen molar-refractivity contribution in [3.05, 3.63) is 71.8 Å². The lowest BCUT2D eigenvalue weighted by atomic mass is 10.1. The van der Waals surface area contributed by atoms with Gasteiger partial charge in [0.25, 0.3) is 11.6 Å². The molecule has 0 aliphatic carbocycles. The Morgan fingerprint density at radius 1 is 0.778 bits per heavy atom. The molecule has 0 unspecified atom stereocenters. The minimum Gasteiger partial charge on any atom is -0.319 e. The highest BCUT2D eigenvalue weighted by Crippen LogP contribution is 2.41. The minimum atomic E-state index is -5.81. The number of hydrogen-bond acceptors (Lipinski definition) is 2. The fourth-order valence-electron chi connectivity index (χ4n) is 2.42. The summed E-state index contributed by atoms with van der Waals surface area (Å²) in [6, 6.07) is 14.5. The lowest BCUT2D eigenvalue weighted by Gasteiger charge is -2.38. The highest BCUT2D eigenvalue weighted by Gasteiger charge is 2.72. The Bertz CT molecular complexity index is 730. The van der Waals surface area contributed by atoms with Crippen molar-refractivity contribution in [3.63, 3.8) is 0 Å². The second-order valence-corrected chi connectivity index (χ2v) is 5.73. The molecule has 2 aromatic carbocycles. The Kier molecular flexibility index (Phi) is 6.15. The van der Waals surface area contributed by atoms with Gasteiger partial charge in [-0.25, -0.2) is 0 Å². The molecule has 3 nitrogen and oxygen atoms in total. The Morgan fingerprint density at radius 3 is 1.74 bits per heavy atom. The van der Waals surface area contributed by atoms with Gasteiger partial charge in [0.2, 0.25) is 0 Å². The number of halogens is 6. The molecule has 0 atom stereocenters. The number of nitrogens with one attached hydrogen (secondary N) is 2. The van der Waals surface area contributed by atoms with Crippen LogP contribution in [0.1, 0.15) is 15.9 Å². The highest BCUT2D eigenvalue weighted by atomic mass is 19.4. The van der Waals surface area contributed by atoms with Crippen molar-refractivity contribution >= 4 is 5.91 Å². The van der Waals surface area contributed by atoms with E-state index in [1.807, 2.05) is 0 Å². The third-order valence-electron chi connectivity index (χ3n) is 3.83. The molecule has 0 spiro atoms. The molecule has 0 bridgehead atoms. The summed E-state index contributed by atoms with van der Waals surface area (Å²) < 4.78 is 80.9. The summed E-state index contributed by atoms with van der Waals surface area (Å²) in [4.78, 5) is 12.0. The summed E-state index contributed by atoms with van der Waals surface area (Å²) in [5, 5.41) is 2.59. The van der Waals surface area contributed by atoms with E-state index in [0.717, 1.165) is 17.4 Å². The predicted octanol–water partition coefficient (Wildman–Crippen LogP) is 4.07. The van der Waals surface area contributed by atoms with Crippen LogP contribution in [0.4, 0.5) is 26.3 Å². The molecule has 0 aliphatic heterocycles. The van der Waals surface area contributed by atoms with Crippen molar-refractivity contribution < 1.29 is 31.1 Å². The summed E-state index contributed by atoms with van der Waals surface area (Å²) in [6.07, 6.45) is -11.7. The maximum atomic E-state index is 13.5. The maximum absolute atomic E-state index is 13.5. The van der Waals surface area contributed by atoms with Crippen molar-refractivity contribution in [2.24, 2.45) is 0 Å². The average molecular weight is 390 g/mol. The Balaban J connectivity index is 2.28. The smallest absolute Gasteiger partial charge is 0.319 e. The van der Waals surface area contributed by atoms with Gasteiger partial charge in [0.15, 0.2) is 0 Å². The van der Waals surface area contributed by atoms with E-state index in [1.54, 1.807) is 30.3 Å².